The number of hydrogen-bond donors (Lipinski definition) is 1. The molecular weight excluding hydrogens is 225 g/mol. The van der Waals surface area contributed by atoms with E-state index in [1.54, 1.807) is 6.07 Å². The average molecular weight is 237 g/mol. The van der Waals surface area contributed by atoms with E-state index in [1.807, 2.05) is 0 Å². The largest absolute Gasteiger partial charge is 0.492 e. The summed E-state index contributed by atoms with van der Waals surface area (Å²) in [4.78, 5) is 10.2. The highest BCUT2D eigenvalue weighted by molar-refractivity contribution is 5.66. The summed E-state index contributed by atoms with van der Waals surface area (Å²) in [5.41, 5.74) is -0.120. The Balaban J connectivity index is 2.45. The Morgan fingerprint density at radius 1 is 1.47 bits per heavy atom. The summed E-state index contributed by atoms with van der Waals surface area (Å²) in [6.07, 6.45) is 1.12. The van der Waals surface area contributed by atoms with Crippen LogP contribution in [0.4, 0.5) is 4.39 Å². The van der Waals surface area contributed by atoms with E-state index < -0.39 is 11.8 Å². The van der Waals surface area contributed by atoms with Gasteiger partial charge in [0.2, 0.25) is 0 Å². The highest BCUT2D eigenvalue weighted by Crippen LogP contribution is 2.20. The molecule has 1 N–H and O–H groups in total. The molecule has 0 aliphatic heterocycles. The van der Waals surface area contributed by atoms with Gasteiger partial charge in [0.25, 0.3) is 0 Å². The fourth-order valence-corrected chi connectivity index (χ4v) is 1.29. The Labute approximate surface area is 98.2 Å². The molecule has 0 fully saturated rings. The number of carbonyl (C=O) groups is 1. The monoisotopic (exact) mass is 237 g/mol. The lowest BCUT2D eigenvalue weighted by Crippen LogP contribution is -2.02. The van der Waals surface area contributed by atoms with E-state index in [0.29, 0.717) is 12.8 Å². The van der Waals surface area contributed by atoms with Crippen LogP contribution in [0.25, 0.3) is 0 Å². The first-order valence-corrected chi connectivity index (χ1v) is 5.18. The molecule has 0 bridgehead atoms. The second kappa shape index (κ2) is 6.48. The standard InChI is InChI=1S/C12H12FNO3/c13-10-4-3-5-11(9(10)8-14)17-7-2-1-6-12(15)16/h3-5H,1-2,6-7H2,(H,15,16). The topological polar surface area (TPSA) is 70.3 Å². The Morgan fingerprint density at radius 3 is 2.88 bits per heavy atom. The SMILES string of the molecule is N#Cc1c(F)cccc1OCCCCC(=O)O. The molecule has 1 rings (SSSR count). The summed E-state index contributed by atoms with van der Waals surface area (Å²) < 4.78 is 18.4. The number of benzene rings is 1. The quantitative estimate of drug-likeness (QED) is 0.771. The molecule has 0 amide bonds. The molecule has 0 radical (unpaired) electrons. The van der Waals surface area contributed by atoms with Crippen molar-refractivity contribution in [2.45, 2.75) is 19.3 Å². The fourth-order valence-electron chi connectivity index (χ4n) is 1.29. The van der Waals surface area contributed by atoms with E-state index in [2.05, 4.69) is 0 Å². The van der Waals surface area contributed by atoms with Crippen LogP contribution in [-0.4, -0.2) is 17.7 Å². The number of hydrogen-bond acceptors (Lipinski definition) is 3. The highest BCUT2D eigenvalue weighted by Gasteiger charge is 2.08. The number of unbranched alkanes of at least 4 members (excludes halogenated alkanes) is 1. The average Bonchev–Trinajstić information content (AvgIpc) is 2.28. The third-order valence-corrected chi connectivity index (χ3v) is 2.13. The molecule has 1 aromatic rings. The third-order valence-electron chi connectivity index (χ3n) is 2.13. The predicted octanol–water partition coefficient (Wildman–Crippen LogP) is 2.33. The number of carboxylic acids is 1. The lowest BCUT2D eigenvalue weighted by Gasteiger charge is -2.07. The summed E-state index contributed by atoms with van der Waals surface area (Å²) in [5.74, 6) is -1.27. The van der Waals surface area contributed by atoms with Crippen molar-refractivity contribution in [1.29, 1.82) is 5.26 Å². The number of carboxylic acid groups (broad SMARTS) is 1. The van der Waals surface area contributed by atoms with Crippen molar-refractivity contribution in [3.05, 3.63) is 29.6 Å². The van der Waals surface area contributed by atoms with Gasteiger partial charge < -0.3 is 9.84 Å². The van der Waals surface area contributed by atoms with Gasteiger partial charge in [0.05, 0.1) is 6.61 Å². The number of aliphatic carboxylic acids is 1. The van der Waals surface area contributed by atoms with Crippen LogP contribution in [0.5, 0.6) is 5.75 Å². The molecule has 5 heteroatoms. The van der Waals surface area contributed by atoms with Gasteiger partial charge in [-0.2, -0.15) is 5.26 Å². The van der Waals surface area contributed by atoms with Crippen LogP contribution in [0.2, 0.25) is 0 Å². The first-order valence-electron chi connectivity index (χ1n) is 5.18. The maximum absolute atomic E-state index is 13.2. The van der Waals surface area contributed by atoms with Crippen molar-refractivity contribution >= 4 is 5.97 Å². The minimum atomic E-state index is -0.853. The molecular formula is C12H12FNO3. The number of nitrogens with zero attached hydrogens (tertiary/aromatic N) is 1. The van der Waals surface area contributed by atoms with Crippen LogP contribution >= 0.6 is 0 Å². The zero-order valence-corrected chi connectivity index (χ0v) is 9.15. The first-order chi connectivity index (χ1) is 8.15. The van der Waals surface area contributed by atoms with Crippen molar-refractivity contribution in [3.8, 4) is 11.8 Å². The molecule has 4 nitrogen and oxygen atoms in total. The molecule has 0 saturated carbocycles. The van der Waals surface area contributed by atoms with Crippen LogP contribution in [0.15, 0.2) is 18.2 Å². The van der Waals surface area contributed by atoms with Gasteiger partial charge >= 0.3 is 5.97 Å². The van der Waals surface area contributed by atoms with Crippen LogP contribution in [0.1, 0.15) is 24.8 Å². The molecule has 90 valence electrons. The van der Waals surface area contributed by atoms with Gasteiger partial charge in [-0.25, -0.2) is 4.39 Å². The Hall–Kier alpha value is -2.09. The molecule has 0 unspecified atom stereocenters. The number of ether oxygens (including phenoxy) is 1. The zero-order chi connectivity index (χ0) is 12.7. The molecule has 0 aliphatic rings. The summed E-state index contributed by atoms with van der Waals surface area (Å²) in [5, 5.41) is 17.1. The van der Waals surface area contributed by atoms with E-state index in [1.165, 1.54) is 18.2 Å². The second-order valence-electron chi connectivity index (χ2n) is 3.42. The number of nitriles is 1. The summed E-state index contributed by atoms with van der Waals surface area (Å²) in [6, 6.07) is 5.89. The number of rotatable bonds is 6. The van der Waals surface area contributed by atoms with E-state index in [0.717, 1.165) is 0 Å². The molecule has 0 saturated heterocycles. The molecule has 17 heavy (non-hydrogen) atoms. The molecule has 1 aromatic carbocycles. The van der Waals surface area contributed by atoms with Crippen LogP contribution < -0.4 is 4.74 Å². The molecule has 0 heterocycles. The summed E-state index contributed by atoms with van der Waals surface area (Å²) >= 11 is 0. The van der Waals surface area contributed by atoms with E-state index in [9.17, 15) is 9.18 Å². The minimum Gasteiger partial charge on any atom is -0.492 e. The van der Waals surface area contributed by atoms with E-state index >= 15 is 0 Å². The normalized spacial score (nSPS) is 9.65. The van der Waals surface area contributed by atoms with Crippen molar-refractivity contribution < 1.29 is 19.0 Å². The maximum Gasteiger partial charge on any atom is 0.303 e. The molecule has 0 aliphatic carbocycles. The Kier molecular flexibility index (Phi) is 4.95. The summed E-state index contributed by atoms with van der Waals surface area (Å²) in [6.45, 7) is 0.269. The summed E-state index contributed by atoms with van der Waals surface area (Å²) in [7, 11) is 0. The van der Waals surface area contributed by atoms with Crippen molar-refractivity contribution in [1.82, 2.24) is 0 Å². The van der Waals surface area contributed by atoms with Gasteiger partial charge in [0.1, 0.15) is 23.2 Å². The van der Waals surface area contributed by atoms with Gasteiger partial charge in [-0.15, -0.1) is 0 Å². The van der Waals surface area contributed by atoms with Crippen molar-refractivity contribution in [2.75, 3.05) is 6.61 Å². The minimum absolute atomic E-state index is 0.0810. The van der Waals surface area contributed by atoms with E-state index in [4.69, 9.17) is 15.1 Å². The maximum atomic E-state index is 13.2. The fraction of sp³-hybridized carbons (Fsp3) is 0.333. The van der Waals surface area contributed by atoms with Crippen LogP contribution in [-0.2, 0) is 4.79 Å². The third kappa shape index (κ3) is 4.11. The van der Waals surface area contributed by atoms with E-state index in [-0.39, 0.29) is 24.3 Å². The lowest BCUT2D eigenvalue weighted by molar-refractivity contribution is -0.137. The van der Waals surface area contributed by atoms with Gasteiger partial charge in [0, 0.05) is 6.42 Å². The zero-order valence-electron chi connectivity index (χ0n) is 9.15. The van der Waals surface area contributed by atoms with Gasteiger partial charge in [0.15, 0.2) is 0 Å². The van der Waals surface area contributed by atoms with Gasteiger partial charge in [-0.05, 0) is 25.0 Å². The van der Waals surface area contributed by atoms with Gasteiger partial charge in [-0.3, -0.25) is 4.79 Å². The Bertz CT molecular complexity index is 440. The lowest BCUT2D eigenvalue weighted by atomic mass is 10.2. The van der Waals surface area contributed by atoms with Crippen LogP contribution in [0, 0.1) is 17.1 Å². The first kappa shape index (κ1) is 13.0. The predicted molar refractivity (Wildman–Crippen MR) is 58.1 cm³/mol. The molecule has 0 atom stereocenters. The number of halogens is 1. The van der Waals surface area contributed by atoms with Gasteiger partial charge in [-0.1, -0.05) is 6.07 Å². The van der Waals surface area contributed by atoms with Crippen LogP contribution in [0.3, 0.4) is 0 Å². The van der Waals surface area contributed by atoms with Crippen molar-refractivity contribution in [3.63, 3.8) is 0 Å². The highest BCUT2D eigenvalue weighted by atomic mass is 19.1. The van der Waals surface area contributed by atoms with Crippen molar-refractivity contribution in [2.24, 2.45) is 0 Å². The molecule has 0 aromatic heterocycles. The molecule has 0 spiro atoms. The smallest absolute Gasteiger partial charge is 0.303 e. The second-order valence-corrected chi connectivity index (χ2v) is 3.42. The Morgan fingerprint density at radius 2 is 2.24 bits per heavy atom.